The van der Waals surface area contributed by atoms with Crippen LogP contribution in [0.1, 0.15) is 36.1 Å². The van der Waals surface area contributed by atoms with Gasteiger partial charge in [-0.2, -0.15) is 0 Å². The predicted molar refractivity (Wildman–Crippen MR) is 194 cm³/mol. The number of para-hydroxylation sites is 1. The molecule has 214 valence electrons. The molecule has 0 N–H and O–H groups in total. The van der Waals surface area contributed by atoms with Gasteiger partial charge < -0.3 is 0 Å². The zero-order valence-corrected chi connectivity index (χ0v) is 26.0. The average molecular weight is 595 g/mol. The first kappa shape index (κ1) is 26.2. The summed E-state index contributed by atoms with van der Waals surface area (Å²) in [6.45, 7) is 4.72. The Morgan fingerprint density at radius 2 is 1.33 bits per heavy atom. The smallest absolute Gasteiger partial charge is 0.137 e. The second kappa shape index (κ2) is 9.88. The van der Waals surface area contributed by atoms with Crippen LogP contribution in [0, 0.1) is 0 Å². The van der Waals surface area contributed by atoms with E-state index in [1.165, 1.54) is 64.0 Å². The van der Waals surface area contributed by atoms with E-state index in [1.54, 1.807) is 0 Å². The van der Waals surface area contributed by atoms with Crippen molar-refractivity contribution in [3.8, 4) is 0 Å². The van der Waals surface area contributed by atoms with Gasteiger partial charge in [-0.3, -0.25) is 4.90 Å². The lowest BCUT2D eigenvalue weighted by Crippen LogP contribution is -2.15. The Labute approximate surface area is 266 Å². The molecule has 0 saturated heterocycles. The summed E-state index contributed by atoms with van der Waals surface area (Å²) >= 11 is 1.85. The van der Waals surface area contributed by atoms with E-state index in [4.69, 9.17) is 0 Å². The van der Waals surface area contributed by atoms with E-state index in [0.717, 1.165) is 17.2 Å². The van der Waals surface area contributed by atoms with Gasteiger partial charge in [0.25, 0.3) is 0 Å². The lowest BCUT2D eigenvalue weighted by atomic mass is 9.81. The number of rotatable bonds is 5. The van der Waals surface area contributed by atoms with Crippen LogP contribution in [0.5, 0.6) is 0 Å². The fourth-order valence-electron chi connectivity index (χ4n) is 7.22. The van der Waals surface area contributed by atoms with Crippen molar-refractivity contribution in [1.29, 1.82) is 0 Å². The largest absolute Gasteiger partial charge is 0.295 e. The van der Waals surface area contributed by atoms with Crippen molar-refractivity contribution < 1.29 is 0 Å². The molecule has 2 heterocycles. The molecule has 9 rings (SSSR count). The summed E-state index contributed by atoms with van der Waals surface area (Å²) in [4.78, 5) is 6.90. The van der Waals surface area contributed by atoms with Crippen molar-refractivity contribution in [2.24, 2.45) is 0 Å². The van der Waals surface area contributed by atoms with Gasteiger partial charge in [-0.1, -0.05) is 105 Å². The lowest BCUT2D eigenvalue weighted by Gasteiger charge is -2.24. The molecule has 0 bridgehead atoms. The van der Waals surface area contributed by atoms with Crippen LogP contribution in [0.2, 0.25) is 0 Å². The van der Waals surface area contributed by atoms with Crippen molar-refractivity contribution in [3.05, 3.63) is 156 Å². The van der Waals surface area contributed by atoms with Crippen LogP contribution in [-0.4, -0.2) is 4.98 Å². The van der Waals surface area contributed by atoms with E-state index >= 15 is 0 Å². The number of pyridine rings is 1. The van der Waals surface area contributed by atoms with E-state index in [1.807, 2.05) is 35.7 Å². The number of hydrogen-bond donors (Lipinski definition) is 0. The average Bonchev–Trinajstić information content (AvgIpc) is 3.55. The number of nitrogens with zero attached hydrogens (tertiary/aromatic N) is 2. The number of anilines is 3. The molecule has 0 saturated carbocycles. The van der Waals surface area contributed by atoms with Gasteiger partial charge in [0.15, 0.2) is 0 Å². The summed E-state index contributed by atoms with van der Waals surface area (Å²) in [5.41, 5.74) is 7.51. The van der Waals surface area contributed by atoms with Crippen LogP contribution in [-0.2, 0) is 5.41 Å². The third-order valence-electron chi connectivity index (χ3n) is 9.43. The quantitative estimate of drug-likeness (QED) is 0.146. The standard InChI is InChI=1S/C42H30N2S/c1-42(2)35-12-8-9-29-17-18-30-23-28(24-36(42)41(30)40(29)35)15-14-27-16-20-33-34-21-19-32(26-38(34)45-37(33)25-27)44(31-10-4-3-5-11-31)39-13-6-7-22-43-39/h3-26H,1-2H3/b15-14+. The highest BCUT2D eigenvalue weighted by Gasteiger charge is 2.33. The normalized spacial score (nSPS) is 13.6. The van der Waals surface area contributed by atoms with Crippen molar-refractivity contribution in [3.63, 3.8) is 0 Å². The van der Waals surface area contributed by atoms with Crippen LogP contribution in [0.15, 0.2) is 134 Å². The molecule has 8 aromatic rings. The van der Waals surface area contributed by atoms with Gasteiger partial charge in [-0.05, 0) is 92.3 Å². The van der Waals surface area contributed by atoms with Gasteiger partial charge in [0.1, 0.15) is 5.82 Å². The summed E-state index contributed by atoms with van der Waals surface area (Å²) in [6.07, 6.45) is 6.38. The molecule has 0 spiro atoms. The molecule has 0 fully saturated rings. The predicted octanol–water partition coefficient (Wildman–Crippen LogP) is 12.0. The third kappa shape index (κ3) is 4.12. The highest BCUT2D eigenvalue weighted by molar-refractivity contribution is 7.25. The molecule has 0 atom stereocenters. The molecule has 1 aliphatic carbocycles. The van der Waals surface area contributed by atoms with E-state index in [-0.39, 0.29) is 5.41 Å². The monoisotopic (exact) mass is 594 g/mol. The first-order chi connectivity index (χ1) is 22.0. The SMILES string of the molecule is CC1(C)c2cccc3ccc4cc(/C=C/c5ccc6c(c5)sc5cc(N(c7ccccc7)c7ccccn7)ccc56)cc1c4c23. The minimum Gasteiger partial charge on any atom is -0.295 e. The van der Waals surface area contributed by atoms with E-state index in [9.17, 15) is 0 Å². The molecular weight excluding hydrogens is 565 g/mol. The van der Waals surface area contributed by atoms with E-state index < -0.39 is 0 Å². The zero-order chi connectivity index (χ0) is 30.1. The molecule has 2 aromatic heterocycles. The van der Waals surface area contributed by atoms with Crippen LogP contribution in [0.25, 0.3) is 53.9 Å². The van der Waals surface area contributed by atoms with Crippen molar-refractivity contribution in [1.82, 2.24) is 4.98 Å². The number of fused-ring (bicyclic) bond motifs is 3. The zero-order valence-electron chi connectivity index (χ0n) is 25.2. The first-order valence-electron chi connectivity index (χ1n) is 15.5. The van der Waals surface area contributed by atoms with Crippen molar-refractivity contribution >= 4 is 82.4 Å². The molecule has 6 aromatic carbocycles. The number of benzene rings is 6. The second-order valence-corrected chi connectivity index (χ2v) is 13.6. The van der Waals surface area contributed by atoms with Crippen molar-refractivity contribution in [2.45, 2.75) is 19.3 Å². The molecule has 0 aliphatic heterocycles. The maximum Gasteiger partial charge on any atom is 0.137 e. The summed E-state index contributed by atoms with van der Waals surface area (Å²) < 4.78 is 2.57. The van der Waals surface area contributed by atoms with Crippen LogP contribution in [0.4, 0.5) is 17.2 Å². The minimum atomic E-state index is -0.00714. The minimum absolute atomic E-state index is 0.00714. The Morgan fingerprint density at radius 1 is 0.578 bits per heavy atom. The lowest BCUT2D eigenvalue weighted by molar-refractivity contribution is 0.662. The first-order valence-corrected chi connectivity index (χ1v) is 16.3. The molecular formula is C42H30N2S. The molecule has 0 amide bonds. The maximum atomic E-state index is 4.68. The third-order valence-corrected chi connectivity index (χ3v) is 10.5. The fourth-order valence-corrected chi connectivity index (χ4v) is 8.40. The number of thiophene rings is 1. The Bertz CT molecular complexity index is 2410. The van der Waals surface area contributed by atoms with Gasteiger partial charge in [0.05, 0.1) is 0 Å². The Balaban J connectivity index is 1.09. The van der Waals surface area contributed by atoms with Gasteiger partial charge >= 0.3 is 0 Å². The molecule has 0 radical (unpaired) electrons. The molecule has 3 heteroatoms. The second-order valence-electron chi connectivity index (χ2n) is 12.5. The molecule has 1 aliphatic rings. The Kier molecular flexibility index (Phi) is 5.75. The summed E-state index contributed by atoms with van der Waals surface area (Å²) in [6, 6.07) is 46.2. The topological polar surface area (TPSA) is 16.1 Å². The highest BCUT2D eigenvalue weighted by Crippen LogP contribution is 2.49. The highest BCUT2D eigenvalue weighted by atomic mass is 32.1. The van der Waals surface area contributed by atoms with Gasteiger partial charge in [-0.15, -0.1) is 11.3 Å². The van der Waals surface area contributed by atoms with Crippen molar-refractivity contribution in [2.75, 3.05) is 4.90 Å². The van der Waals surface area contributed by atoms with Gasteiger partial charge in [-0.25, -0.2) is 4.98 Å². The fraction of sp³-hybridized carbons (Fsp3) is 0.0714. The molecule has 2 nitrogen and oxygen atoms in total. The van der Waals surface area contributed by atoms with Gasteiger partial charge in [0.2, 0.25) is 0 Å². The summed E-state index contributed by atoms with van der Waals surface area (Å²) in [5.74, 6) is 0.903. The number of hydrogen-bond acceptors (Lipinski definition) is 3. The van der Waals surface area contributed by atoms with Crippen LogP contribution >= 0.6 is 11.3 Å². The maximum absolute atomic E-state index is 4.68. The van der Waals surface area contributed by atoms with E-state index in [0.29, 0.717) is 0 Å². The van der Waals surface area contributed by atoms with Crippen LogP contribution < -0.4 is 4.90 Å². The van der Waals surface area contributed by atoms with Gasteiger partial charge in [0, 0.05) is 43.2 Å². The molecule has 45 heavy (non-hydrogen) atoms. The van der Waals surface area contributed by atoms with E-state index in [2.05, 4.69) is 145 Å². The summed E-state index contributed by atoms with van der Waals surface area (Å²) in [7, 11) is 0. The Hall–Kier alpha value is -5.25. The molecule has 0 unspecified atom stereocenters. The number of aromatic nitrogens is 1. The Morgan fingerprint density at radius 3 is 2.18 bits per heavy atom. The summed E-state index contributed by atoms with van der Waals surface area (Å²) in [5, 5.41) is 8.09. The van der Waals surface area contributed by atoms with Crippen LogP contribution in [0.3, 0.4) is 0 Å².